The van der Waals surface area contributed by atoms with Crippen LogP contribution in [0.15, 0.2) is 42.5 Å². The normalized spacial score (nSPS) is 10.6. The zero-order valence-corrected chi connectivity index (χ0v) is 10.6. The van der Waals surface area contributed by atoms with Crippen molar-refractivity contribution in [3.63, 3.8) is 0 Å². The molecular formula is C14H17NOS. The van der Waals surface area contributed by atoms with E-state index < -0.39 is 0 Å². The molecule has 17 heavy (non-hydrogen) atoms. The monoisotopic (exact) mass is 247 g/mol. The third-order valence-electron chi connectivity index (χ3n) is 2.61. The Morgan fingerprint density at radius 1 is 1.35 bits per heavy atom. The SMILES string of the molecule is C=COCCCNCc1csc2ccccc12. The molecule has 0 aliphatic carbocycles. The predicted octanol–water partition coefficient (Wildman–Crippen LogP) is 3.54. The van der Waals surface area contributed by atoms with Crippen LogP contribution < -0.4 is 5.32 Å². The minimum absolute atomic E-state index is 0.737. The average Bonchev–Trinajstić information content (AvgIpc) is 2.77. The summed E-state index contributed by atoms with van der Waals surface area (Å²) in [6, 6.07) is 8.53. The highest BCUT2D eigenvalue weighted by Gasteiger charge is 2.01. The molecule has 0 bridgehead atoms. The molecule has 1 aromatic heterocycles. The molecule has 2 aromatic rings. The van der Waals surface area contributed by atoms with Gasteiger partial charge in [-0.2, -0.15) is 0 Å². The number of fused-ring (bicyclic) bond motifs is 1. The minimum atomic E-state index is 0.737. The van der Waals surface area contributed by atoms with Gasteiger partial charge in [0.15, 0.2) is 0 Å². The Morgan fingerprint density at radius 3 is 3.12 bits per heavy atom. The molecule has 2 nitrogen and oxygen atoms in total. The number of hydrogen-bond acceptors (Lipinski definition) is 3. The van der Waals surface area contributed by atoms with Gasteiger partial charge in [-0.15, -0.1) is 11.3 Å². The molecule has 1 heterocycles. The third kappa shape index (κ3) is 3.32. The molecule has 0 aliphatic rings. The van der Waals surface area contributed by atoms with E-state index in [0.717, 1.165) is 26.1 Å². The number of nitrogens with one attached hydrogen (secondary N) is 1. The average molecular weight is 247 g/mol. The highest BCUT2D eigenvalue weighted by atomic mass is 32.1. The molecule has 1 aromatic carbocycles. The van der Waals surface area contributed by atoms with Gasteiger partial charge in [0.1, 0.15) is 0 Å². The second-order valence-electron chi connectivity index (χ2n) is 3.82. The topological polar surface area (TPSA) is 21.3 Å². The molecule has 3 heteroatoms. The van der Waals surface area contributed by atoms with E-state index in [0.29, 0.717) is 0 Å². The predicted molar refractivity (Wildman–Crippen MR) is 74.3 cm³/mol. The highest BCUT2D eigenvalue weighted by Crippen LogP contribution is 2.25. The molecule has 0 saturated carbocycles. The first kappa shape index (κ1) is 12.1. The molecule has 90 valence electrons. The summed E-state index contributed by atoms with van der Waals surface area (Å²) in [4.78, 5) is 0. The quantitative estimate of drug-likeness (QED) is 0.597. The van der Waals surface area contributed by atoms with Gasteiger partial charge in [-0.05, 0) is 35.4 Å². The molecule has 0 aliphatic heterocycles. The van der Waals surface area contributed by atoms with Gasteiger partial charge in [0.25, 0.3) is 0 Å². The van der Waals surface area contributed by atoms with Crippen LogP contribution in [-0.2, 0) is 11.3 Å². The molecular weight excluding hydrogens is 230 g/mol. The van der Waals surface area contributed by atoms with E-state index in [9.17, 15) is 0 Å². The first-order valence-electron chi connectivity index (χ1n) is 5.80. The van der Waals surface area contributed by atoms with Gasteiger partial charge in [0.05, 0.1) is 12.9 Å². The van der Waals surface area contributed by atoms with E-state index in [1.54, 1.807) is 0 Å². The lowest BCUT2D eigenvalue weighted by Gasteiger charge is -2.04. The van der Waals surface area contributed by atoms with E-state index >= 15 is 0 Å². The lowest BCUT2D eigenvalue weighted by molar-refractivity contribution is 0.244. The van der Waals surface area contributed by atoms with E-state index in [4.69, 9.17) is 4.74 Å². The molecule has 0 amide bonds. The van der Waals surface area contributed by atoms with Crippen molar-refractivity contribution >= 4 is 21.4 Å². The maximum atomic E-state index is 5.07. The molecule has 1 N–H and O–H groups in total. The Balaban J connectivity index is 1.81. The molecule has 0 saturated heterocycles. The van der Waals surface area contributed by atoms with Gasteiger partial charge in [-0.1, -0.05) is 24.8 Å². The summed E-state index contributed by atoms with van der Waals surface area (Å²) in [7, 11) is 0. The molecule has 0 atom stereocenters. The van der Waals surface area contributed by atoms with Crippen LogP contribution in [0.25, 0.3) is 10.1 Å². The van der Waals surface area contributed by atoms with Crippen molar-refractivity contribution in [2.24, 2.45) is 0 Å². The number of hydrogen-bond donors (Lipinski definition) is 1. The fraction of sp³-hybridized carbons (Fsp3) is 0.286. The Bertz CT molecular complexity index is 478. The lowest BCUT2D eigenvalue weighted by atomic mass is 10.2. The molecule has 2 rings (SSSR count). The standard InChI is InChI=1S/C14H17NOS/c1-2-16-9-5-8-15-10-12-11-17-14-7-4-3-6-13(12)14/h2-4,6-7,11,15H,1,5,8-10H2. The van der Waals surface area contributed by atoms with Crippen LogP contribution in [0, 0.1) is 0 Å². The second kappa shape index (κ2) is 6.42. The molecule has 0 radical (unpaired) electrons. The number of rotatable bonds is 7. The molecule has 0 fully saturated rings. The maximum absolute atomic E-state index is 5.07. The van der Waals surface area contributed by atoms with Crippen LogP contribution in [0.5, 0.6) is 0 Å². The summed E-state index contributed by atoms with van der Waals surface area (Å²) in [5, 5.41) is 7.03. The van der Waals surface area contributed by atoms with Gasteiger partial charge in [-0.3, -0.25) is 0 Å². The highest BCUT2D eigenvalue weighted by molar-refractivity contribution is 7.17. The number of ether oxygens (including phenoxy) is 1. The summed E-state index contributed by atoms with van der Waals surface area (Å²) in [6.07, 6.45) is 2.50. The molecule has 0 spiro atoms. The first-order valence-corrected chi connectivity index (χ1v) is 6.68. The van der Waals surface area contributed by atoms with Crippen LogP contribution in [0.1, 0.15) is 12.0 Å². The van der Waals surface area contributed by atoms with Gasteiger partial charge in [0.2, 0.25) is 0 Å². The van der Waals surface area contributed by atoms with Crippen molar-refractivity contribution in [1.29, 1.82) is 0 Å². The van der Waals surface area contributed by atoms with Gasteiger partial charge in [0, 0.05) is 11.2 Å². The maximum Gasteiger partial charge on any atom is 0.0885 e. The fourth-order valence-corrected chi connectivity index (χ4v) is 2.72. The van der Waals surface area contributed by atoms with Gasteiger partial charge >= 0.3 is 0 Å². The van der Waals surface area contributed by atoms with Crippen LogP contribution in [-0.4, -0.2) is 13.2 Å². The van der Waals surface area contributed by atoms with Crippen molar-refractivity contribution in [2.45, 2.75) is 13.0 Å². The van der Waals surface area contributed by atoms with Crippen molar-refractivity contribution in [2.75, 3.05) is 13.2 Å². The summed E-state index contributed by atoms with van der Waals surface area (Å²) >= 11 is 1.81. The molecule has 0 unspecified atom stereocenters. The van der Waals surface area contributed by atoms with Crippen LogP contribution in [0.2, 0.25) is 0 Å². The largest absolute Gasteiger partial charge is 0.502 e. The Labute approximate surface area is 106 Å². The summed E-state index contributed by atoms with van der Waals surface area (Å²) in [5.74, 6) is 0. The fourth-order valence-electron chi connectivity index (χ4n) is 1.76. The summed E-state index contributed by atoms with van der Waals surface area (Å²) < 4.78 is 6.43. The minimum Gasteiger partial charge on any atom is -0.502 e. The van der Waals surface area contributed by atoms with Gasteiger partial charge in [-0.25, -0.2) is 0 Å². The van der Waals surface area contributed by atoms with E-state index in [1.807, 2.05) is 11.3 Å². The second-order valence-corrected chi connectivity index (χ2v) is 4.74. The van der Waals surface area contributed by atoms with Crippen molar-refractivity contribution in [3.8, 4) is 0 Å². The Morgan fingerprint density at radius 2 is 2.24 bits per heavy atom. The van der Waals surface area contributed by atoms with Crippen LogP contribution in [0.3, 0.4) is 0 Å². The number of benzene rings is 1. The lowest BCUT2D eigenvalue weighted by Crippen LogP contribution is -2.15. The third-order valence-corrected chi connectivity index (χ3v) is 3.62. The summed E-state index contributed by atoms with van der Waals surface area (Å²) in [6.45, 7) is 6.15. The van der Waals surface area contributed by atoms with E-state index in [-0.39, 0.29) is 0 Å². The van der Waals surface area contributed by atoms with Crippen molar-refractivity contribution in [3.05, 3.63) is 48.0 Å². The van der Waals surface area contributed by atoms with Crippen LogP contribution in [0.4, 0.5) is 0 Å². The Hall–Kier alpha value is -1.32. The van der Waals surface area contributed by atoms with Crippen LogP contribution >= 0.6 is 11.3 Å². The van der Waals surface area contributed by atoms with Crippen molar-refractivity contribution < 1.29 is 4.74 Å². The zero-order valence-electron chi connectivity index (χ0n) is 9.82. The summed E-state index contributed by atoms with van der Waals surface area (Å²) in [5.41, 5.74) is 1.38. The number of thiophene rings is 1. The smallest absolute Gasteiger partial charge is 0.0885 e. The van der Waals surface area contributed by atoms with E-state index in [2.05, 4.69) is 41.5 Å². The zero-order chi connectivity index (χ0) is 11.9. The van der Waals surface area contributed by atoms with E-state index in [1.165, 1.54) is 21.9 Å². The first-order chi connectivity index (χ1) is 8.42. The van der Waals surface area contributed by atoms with Crippen molar-refractivity contribution in [1.82, 2.24) is 5.32 Å². The Kier molecular flexibility index (Phi) is 4.59. The van der Waals surface area contributed by atoms with Gasteiger partial charge < -0.3 is 10.1 Å².